The van der Waals surface area contributed by atoms with Crippen molar-refractivity contribution in [3.63, 3.8) is 0 Å². The lowest BCUT2D eigenvalue weighted by atomic mass is 9.88. The number of ketones is 1. The smallest absolute Gasteiger partial charge is 0.330 e. The zero-order chi connectivity index (χ0) is 9.19. The molecule has 0 heterocycles. The predicted octanol–water partition coefficient (Wildman–Crippen LogP) is 1.44. The van der Waals surface area contributed by atoms with Crippen LogP contribution in [0.2, 0.25) is 0 Å². The topological polar surface area (TPSA) is 43.4 Å². The quantitative estimate of drug-likeness (QED) is 0.392. The third-order valence-corrected chi connectivity index (χ3v) is 3.29. The van der Waals surface area contributed by atoms with Crippen molar-refractivity contribution in [2.45, 2.75) is 30.0 Å². The van der Waals surface area contributed by atoms with E-state index in [2.05, 4.69) is 20.7 Å². The molecule has 0 N–H and O–H groups in total. The Balaban J connectivity index is 2.79. The lowest BCUT2D eigenvalue weighted by Crippen LogP contribution is -2.43. The average Bonchev–Trinajstić information content (AvgIpc) is 2.09. The van der Waals surface area contributed by atoms with E-state index in [1.807, 2.05) is 0 Å². The van der Waals surface area contributed by atoms with Crippen molar-refractivity contribution in [3.8, 4) is 0 Å². The maximum absolute atomic E-state index is 11.4. The zero-order valence-electron chi connectivity index (χ0n) is 6.93. The number of hydrogen-bond donors (Lipinski definition) is 0. The van der Waals surface area contributed by atoms with Crippen molar-refractivity contribution < 1.29 is 14.3 Å². The summed E-state index contributed by atoms with van der Waals surface area (Å²) in [6.45, 7) is 0. The van der Waals surface area contributed by atoms with Gasteiger partial charge in [-0.25, -0.2) is 0 Å². The van der Waals surface area contributed by atoms with Crippen LogP contribution < -0.4 is 0 Å². The molecule has 0 unspecified atom stereocenters. The van der Waals surface area contributed by atoms with Crippen LogP contribution in [0, 0.1) is 0 Å². The maximum atomic E-state index is 11.4. The summed E-state index contributed by atoms with van der Waals surface area (Å²) in [4.78, 5) is 22.6. The average molecular weight is 235 g/mol. The molecular formula is C8H11BrO3. The third-order valence-electron chi connectivity index (χ3n) is 2.13. The van der Waals surface area contributed by atoms with Crippen molar-refractivity contribution in [1.82, 2.24) is 0 Å². The Labute approximate surface area is 79.6 Å². The Bertz CT molecular complexity index is 204. The first-order chi connectivity index (χ1) is 5.61. The number of methoxy groups -OCH3 is 1. The van der Waals surface area contributed by atoms with Crippen LogP contribution in [0.4, 0.5) is 0 Å². The fourth-order valence-electron chi connectivity index (χ4n) is 1.37. The first-order valence-corrected chi connectivity index (χ1v) is 4.71. The molecule has 0 aromatic carbocycles. The van der Waals surface area contributed by atoms with Gasteiger partial charge in [-0.15, -0.1) is 0 Å². The van der Waals surface area contributed by atoms with Gasteiger partial charge in [-0.3, -0.25) is 9.59 Å². The van der Waals surface area contributed by atoms with Gasteiger partial charge in [0.1, 0.15) is 0 Å². The van der Waals surface area contributed by atoms with Gasteiger partial charge >= 0.3 is 5.97 Å². The second kappa shape index (κ2) is 3.56. The Morgan fingerprint density at radius 1 is 1.58 bits per heavy atom. The van der Waals surface area contributed by atoms with Gasteiger partial charge < -0.3 is 4.74 Å². The molecule has 68 valence electrons. The summed E-state index contributed by atoms with van der Waals surface area (Å²) in [5.74, 6) is -0.521. The Kier molecular flexibility index (Phi) is 2.88. The van der Waals surface area contributed by atoms with Crippen molar-refractivity contribution >= 4 is 27.7 Å². The molecular weight excluding hydrogens is 224 g/mol. The number of alkyl halides is 1. The Hall–Kier alpha value is -0.380. The molecule has 0 aliphatic heterocycles. The molecule has 12 heavy (non-hydrogen) atoms. The van der Waals surface area contributed by atoms with E-state index >= 15 is 0 Å². The summed E-state index contributed by atoms with van der Waals surface area (Å²) >= 11 is 3.16. The lowest BCUT2D eigenvalue weighted by Gasteiger charge is -2.26. The lowest BCUT2D eigenvalue weighted by molar-refractivity contribution is -0.147. The van der Waals surface area contributed by atoms with Gasteiger partial charge in [-0.05, 0) is 12.8 Å². The molecule has 0 saturated heterocycles. The first-order valence-electron chi connectivity index (χ1n) is 3.92. The molecule has 0 spiro atoms. The number of halogens is 1. The van der Waals surface area contributed by atoms with Crippen LogP contribution in [0.1, 0.15) is 25.7 Å². The van der Waals surface area contributed by atoms with Crippen molar-refractivity contribution in [1.29, 1.82) is 0 Å². The number of ether oxygens (including phenoxy) is 1. The van der Waals surface area contributed by atoms with Crippen LogP contribution in [-0.4, -0.2) is 23.2 Å². The summed E-state index contributed by atoms with van der Waals surface area (Å²) in [5.41, 5.74) is 0. The standard InChI is InChI=1S/C8H11BrO3/c1-12-7(11)8(9)5-3-2-4-6(8)10/h2-5H2,1H3/t8-/m0/s1. The number of Topliss-reactive ketones (excluding diaryl/α,β-unsaturated/α-hetero) is 1. The van der Waals surface area contributed by atoms with Gasteiger partial charge in [0.15, 0.2) is 10.1 Å². The zero-order valence-corrected chi connectivity index (χ0v) is 8.52. The molecule has 1 fully saturated rings. The summed E-state index contributed by atoms with van der Waals surface area (Å²) in [6.07, 6.45) is 2.80. The summed E-state index contributed by atoms with van der Waals surface area (Å²) in [6, 6.07) is 0. The first kappa shape index (κ1) is 9.71. The van der Waals surface area contributed by atoms with Crippen LogP contribution in [0.25, 0.3) is 0 Å². The molecule has 4 heteroatoms. The van der Waals surface area contributed by atoms with Gasteiger partial charge in [0.25, 0.3) is 0 Å². The van der Waals surface area contributed by atoms with Crippen molar-refractivity contribution in [2.24, 2.45) is 0 Å². The highest BCUT2D eigenvalue weighted by Gasteiger charge is 2.45. The normalized spacial score (nSPS) is 30.0. The van der Waals surface area contributed by atoms with Gasteiger partial charge in [0.05, 0.1) is 7.11 Å². The number of esters is 1. The molecule has 1 aliphatic carbocycles. The SMILES string of the molecule is COC(=O)[C@]1(Br)CCCCC1=O. The van der Waals surface area contributed by atoms with Gasteiger partial charge in [0, 0.05) is 6.42 Å². The maximum Gasteiger partial charge on any atom is 0.330 e. The second-order valence-corrected chi connectivity index (χ2v) is 4.28. The van der Waals surface area contributed by atoms with E-state index in [1.165, 1.54) is 7.11 Å². The molecule has 1 saturated carbocycles. The van der Waals surface area contributed by atoms with Gasteiger partial charge in [-0.2, -0.15) is 0 Å². The van der Waals surface area contributed by atoms with Crippen LogP contribution in [0.15, 0.2) is 0 Å². The van der Waals surface area contributed by atoms with E-state index in [0.717, 1.165) is 12.8 Å². The molecule has 3 nitrogen and oxygen atoms in total. The predicted molar refractivity (Wildman–Crippen MR) is 47.1 cm³/mol. The molecule has 1 rings (SSSR count). The Morgan fingerprint density at radius 3 is 2.75 bits per heavy atom. The monoisotopic (exact) mass is 234 g/mol. The van der Waals surface area contributed by atoms with Crippen LogP contribution >= 0.6 is 15.9 Å². The van der Waals surface area contributed by atoms with Gasteiger partial charge in [-0.1, -0.05) is 22.4 Å². The number of carbonyl (C=O) groups is 2. The van der Waals surface area contributed by atoms with Crippen molar-refractivity contribution in [2.75, 3.05) is 7.11 Å². The third kappa shape index (κ3) is 1.53. The van der Waals surface area contributed by atoms with E-state index in [0.29, 0.717) is 12.8 Å². The minimum Gasteiger partial charge on any atom is -0.468 e. The fraction of sp³-hybridized carbons (Fsp3) is 0.750. The highest BCUT2D eigenvalue weighted by atomic mass is 79.9. The molecule has 0 aromatic rings. The van der Waals surface area contributed by atoms with E-state index < -0.39 is 10.3 Å². The largest absolute Gasteiger partial charge is 0.468 e. The second-order valence-electron chi connectivity index (χ2n) is 2.92. The van der Waals surface area contributed by atoms with Crippen LogP contribution in [0.3, 0.4) is 0 Å². The van der Waals surface area contributed by atoms with E-state index in [9.17, 15) is 9.59 Å². The highest BCUT2D eigenvalue weighted by Crippen LogP contribution is 2.33. The molecule has 1 atom stereocenters. The minimum absolute atomic E-state index is 0.0550. The summed E-state index contributed by atoms with van der Waals surface area (Å²) < 4.78 is 3.51. The molecule has 0 aromatic heterocycles. The molecule has 0 amide bonds. The van der Waals surface area contributed by atoms with Crippen molar-refractivity contribution in [3.05, 3.63) is 0 Å². The van der Waals surface area contributed by atoms with Crippen LogP contribution in [0.5, 0.6) is 0 Å². The van der Waals surface area contributed by atoms with E-state index in [4.69, 9.17) is 0 Å². The highest BCUT2D eigenvalue weighted by molar-refractivity contribution is 9.10. The van der Waals surface area contributed by atoms with E-state index in [1.54, 1.807) is 0 Å². The van der Waals surface area contributed by atoms with Gasteiger partial charge in [0.2, 0.25) is 0 Å². The van der Waals surface area contributed by atoms with Crippen LogP contribution in [-0.2, 0) is 14.3 Å². The summed E-state index contributed by atoms with van der Waals surface area (Å²) in [5, 5.41) is 0. The minimum atomic E-state index is -1.04. The molecule has 0 radical (unpaired) electrons. The number of carbonyl (C=O) groups excluding carboxylic acids is 2. The summed E-state index contributed by atoms with van der Waals surface area (Å²) in [7, 11) is 1.30. The number of hydrogen-bond acceptors (Lipinski definition) is 3. The Morgan fingerprint density at radius 2 is 2.25 bits per heavy atom. The molecule has 1 aliphatic rings. The fourth-order valence-corrected chi connectivity index (χ4v) is 2.01. The van der Waals surface area contributed by atoms with E-state index in [-0.39, 0.29) is 5.78 Å². The molecule has 0 bridgehead atoms. The number of rotatable bonds is 1.